The Morgan fingerprint density at radius 2 is 2.09 bits per heavy atom. The number of amides is 1. The van der Waals surface area contributed by atoms with Crippen LogP contribution in [0.2, 0.25) is 0 Å². The van der Waals surface area contributed by atoms with Gasteiger partial charge >= 0.3 is 6.09 Å². The molecule has 128 valence electrons. The van der Waals surface area contributed by atoms with E-state index in [2.05, 4.69) is 17.6 Å². The average molecular weight is 314 g/mol. The Morgan fingerprint density at radius 1 is 1.36 bits per heavy atom. The fourth-order valence-corrected chi connectivity index (χ4v) is 3.27. The molecule has 0 aromatic heterocycles. The van der Waals surface area contributed by atoms with E-state index in [9.17, 15) is 4.79 Å². The van der Waals surface area contributed by atoms with Crippen LogP contribution in [0.3, 0.4) is 0 Å². The number of ether oxygens (including phenoxy) is 3. The van der Waals surface area contributed by atoms with Gasteiger partial charge in [-0.25, -0.2) is 4.79 Å². The van der Waals surface area contributed by atoms with Gasteiger partial charge in [0, 0.05) is 32.8 Å². The summed E-state index contributed by atoms with van der Waals surface area (Å²) >= 11 is 0. The Morgan fingerprint density at radius 3 is 2.73 bits per heavy atom. The molecule has 2 rings (SSSR count). The molecular formula is C16H30N2O4. The highest BCUT2D eigenvalue weighted by Gasteiger charge is 2.54. The van der Waals surface area contributed by atoms with Gasteiger partial charge in [-0.2, -0.15) is 0 Å². The molecule has 1 aliphatic heterocycles. The van der Waals surface area contributed by atoms with Crippen molar-refractivity contribution in [3.8, 4) is 0 Å². The number of rotatable bonds is 6. The fourth-order valence-electron chi connectivity index (χ4n) is 3.27. The molecular weight excluding hydrogens is 284 g/mol. The van der Waals surface area contributed by atoms with Crippen LogP contribution >= 0.6 is 0 Å². The van der Waals surface area contributed by atoms with Gasteiger partial charge in [0.15, 0.2) is 0 Å². The van der Waals surface area contributed by atoms with E-state index in [0.717, 1.165) is 26.2 Å². The first-order chi connectivity index (χ1) is 10.3. The molecule has 5 unspecified atom stereocenters. The second-order valence-corrected chi connectivity index (χ2v) is 7.45. The second kappa shape index (κ2) is 7.15. The van der Waals surface area contributed by atoms with E-state index in [0.29, 0.717) is 11.8 Å². The number of carbonyl (C=O) groups is 1. The number of alkyl carbamates (subject to hydrolysis) is 1. The predicted molar refractivity (Wildman–Crippen MR) is 83.8 cm³/mol. The molecule has 0 radical (unpaired) electrons. The Labute approximate surface area is 133 Å². The van der Waals surface area contributed by atoms with Gasteiger partial charge in [0.05, 0.1) is 18.2 Å². The highest BCUT2D eigenvalue weighted by atomic mass is 16.6. The lowest BCUT2D eigenvalue weighted by Gasteiger charge is -2.48. The highest BCUT2D eigenvalue weighted by Crippen LogP contribution is 2.39. The summed E-state index contributed by atoms with van der Waals surface area (Å²) in [5.41, 5.74) is -0.477. The molecule has 1 heterocycles. The molecule has 0 aromatic rings. The van der Waals surface area contributed by atoms with Gasteiger partial charge in [-0.1, -0.05) is 6.92 Å². The Kier molecular flexibility index (Phi) is 5.69. The third-order valence-corrected chi connectivity index (χ3v) is 4.22. The topological polar surface area (TPSA) is 68.8 Å². The van der Waals surface area contributed by atoms with Gasteiger partial charge in [0.25, 0.3) is 0 Å². The molecule has 1 saturated carbocycles. The van der Waals surface area contributed by atoms with Crippen molar-refractivity contribution >= 4 is 6.09 Å². The molecule has 0 bridgehead atoms. The molecule has 5 atom stereocenters. The summed E-state index contributed by atoms with van der Waals surface area (Å²) < 4.78 is 16.3. The summed E-state index contributed by atoms with van der Waals surface area (Å²) in [5.74, 6) is 0.815. The van der Waals surface area contributed by atoms with Gasteiger partial charge in [-0.15, -0.1) is 0 Å². The lowest BCUT2D eigenvalue weighted by atomic mass is 9.71. The minimum absolute atomic E-state index is 0.0806. The van der Waals surface area contributed by atoms with E-state index in [1.807, 2.05) is 20.8 Å². The minimum atomic E-state index is -0.477. The third kappa shape index (κ3) is 4.33. The molecule has 0 spiro atoms. The molecule has 6 nitrogen and oxygen atoms in total. The number of hydrogen-bond donors (Lipinski definition) is 2. The number of carbonyl (C=O) groups excluding carboxylic acids is 1. The van der Waals surface area contributed by atoms with Crippen molar-refractivity contribution < 1.29 is 19.0 Å². The van der Waals surface area contributed by atoms with E-state index in [4.69, 9.17) is 14.2 Å². The maximum Gasteiger partial charge on any atom is 0.407 e. The summed E-state index contributed by atoms with van der Waals surface area (Å²) in [5, 5.41) is 6.53. The summed E-state index contributed by atoms with van der Waals surface area (Å²) in [7, 11) is 1.71. The van der Waals surface area contributed by atoms with Crippen LogP contribution in [-0.2, 0) is 14.2 Å². The predicted octanol–water partition coefficient (Wildman–Crippen LogP) is 1.54. The van der Waals surface area contributed by atoms with Gasteiger partial charge < -0.3 is 24.8 Å². The number of nitrogens with one attached hydrogen (secondary N) is 2. The number of fused-ring (bicyclic) bond motifs is 1. The van der Waals surface area contributed by atoms with Crippen molar-refractivity contribution in [1.29, 1.82) is 0 Å². The molecule has 6 heteroatoms. The maximum absolute atomic E-state index is 12.0. The van der Waals surface area contributed by atoms with Gasteiger partial charge in [0.2, 0.25) is 0 Å². The Balaban J connectivity index is 1.86. The molecule has 2 aliphatic rings. The molecule has 1 aliphatic carbocycles. The smallest absolute Gasteiger partial charge is 0.407 e. The van der Waals surface area contributed by atoms with Crippen molar-refractivity contribution in [3.05, 3.63) is 0 Å². The van der Waals surface area contributed by atoms with Crippen LogP contribution in [0.15, 0.2) is 0 Å². The zero-order valence-electron chi connectivity index (χ0n) is 14.3. The average Bonchev–Trinajstić information content (AvgIpc) is 2.79. The second-order valence-electron chi connectivity index (χ2n) is 7.45. The summed E-state index contributed by atoms with van der Waals surface area (Å²) in [6.07, 6.45) is 0.853. The summed E-state index contributed by atoms with van der Waals surface area (Å²) in [4.78, 5) is 12.0. The monoisotopic (exact) mass is 314 g/mol. The maximum atomic E-state index is 12.0. The first kappa shape index (κ1) is 17.5. The highest BCUT2D eigenvalue weighted by molar-refractivity contribution is 5.68. The van der Waals surface area contributed by atoms with Crippen LogP contribution < -0.4 is 10.6 Å². The first-order valence-corrected chi connectivity index (χ1v) is 8.15. The van der Waals surface area contributed by atoms with E-state index < -0.39 is 5.60 Å². The van der Waals surface area contributed by atoms with Gasteiger partial charge in [-0.3, -0.25) is 0 Å². The Bertz CT molecular complexity index is 383. The molecule has 22 heavy (non-hydrogen) atoms. The van der Waals surface area contributed by atoms with Crippen molar-refractivity contribution in [2.45, 2.75) is 57.9 Å². The quantitative estimate of drug-likeness (QED) is 0.778. The van der Waals surface area contributed by atoms with Crippen molar-refractivity contribution in [1.82, 2.24) is 10.6 Å². The van der Waals surface area contributed by atoms with E-state index in [-0.39, 0.29) is 24.3 Å². The van der Waals surface area contributed by atoms with E-state index >= 15 is 0 Å². The molecule has 2 N–H and O–H groups in total. The lowest BCUT2D eigenvalue weighted by molar-refractivity contribution is -0.0354. The number of methoxy groups -OCH3 is 1. The van der Waals surface area contributed by atoms with Crippen LogP contribution in [0, 0.1) is 11.8 Å². The van der Waals surface area contributed by atoms with Crippen molar-refractivity contribution in [2.75, 3.05) is 26.9 Å². The molecule has 1 amide bonds. The standard InChI is InChI=1S/C16H30N2O4/c1-10(9-20-5)8-17-13-12(11-6-7-21-14(11)13)18-15(19)22-16(2,3)4/h10-14,17H,6-9H2,1-5H3,(H,18,19). The lowest BCUT2D eigenvalue weighted by Crippen LogP contribution is -2.70. The fraction of sp³-hybridized carbons (Fsp3) is 0.938. The number of hydrogen-bond acceptors (Lipinski definition) is 5. The van der Waals surface area contributed by atoms with E-state index in [1.54, 1.807) is 7.11 Å². The van der Waals surface area contributed by atoms with Crippen LogP contribution in [-0.4, -0.2) is 56.8 Å². The van der Waals surface area contributed by atoms with Crippen LogP contribution in [0.5, 0.6) is 0 Å². The van der Waals surface area contributed by atoms with Gasteiger partial charge in [0.1, 0.15) is 5.60 Å². The zero-order chi connectivity index (χ0) is 16.3. The van der Waals surface area contributed by atoms with E-state index in [1.165, 1.54) is 0 Å². The summed E-state index contributed by atoms with van der Waals surface area (Å²) in [6, 6.07) is 0.233. The van der Waals surface area contributed by atoms with Crippen LogP contribution in [0.4, 0.5) is 4.79 Å². The van der Waals surface area contributed by atoms with Crippen molar-refractivity contribution in [2.24, 2.45) is 11.8 Å². The first-order valence-electron chi connectivity index (χ1n) is 8.15. The van der Waals surface area contributed by atoms with Gasteiger partial charge in [-0.05, 0) is 33.1 Å². The van der Waals surface area contributed by atoms with Crippen molar-refractivity contribution in [3.63, 3.8) is 0 Å². The molecule has 2 fully saturated rings. The van der Waals surface area contributed by atoms with Crippen LogP contribution in [0.1, 0.15) is 34.1 Å². The molecule has 1 saturated heterocycles. The normalized spacial score (nSPS) is 32.0. The SMILES string of the molecule is COCC(C)CNC1C(NC(=O)OC(C)(C)C)C2CCOC21. The minimum Gasteiger partial charge on any atom is -0.444 e. The Hall–Kier alpha value is -0.850. The van der Waals surface area contributed by atoms with Crippen LogP contribution in [0.25, 0.3) is 0 Å². The molecule has 0 aromatic carbocycles. The zero-order valence-corrected chi connectivity index (χ0v) is 14.3. The largest absolute Gasteiger partial charge is 0.444 e. The summed E-state index contributed by atoms with van der Waals surface area (Å²) in [6.45, 7) is 10.1. The third-order valence-electron chi connectivity index (χ3n) is 4.22.